The molecule has 1 N–H and O–H groups in total. The third-order valence-corrected chi connectivity index (χ3v) is 7.06. The Labute approximate surface area is 170 Å². The first kappa shape index (κ1) is 20.7. The number of aryl methyl sites for hydroxylation is 3. The van der Waals surface area contributed by atoms with Crippen LogP contribution in [0.25, 0.3) is 0 Å². The Morgan fingerprint density at radius 3 is 2.43 bits per heavy atom. The third kappa shape index (κ3) is 4.20. The first-order valence-electron chi connectivity index (χ1n) is 9.75. The molecule has 1 heterocycles. The number of carbonyl (C=O) groups excluding carboxylic acids is 1. The van der Waals surface area contributed by atoms with Gasteiger partial charge in [-0.05, 0) is 82.4 Å². The largest absolute Gasteiger partial charge is 0.611 e. The molecule has 1 aliphatic rings. The minimum atomic E-state index is -0.978. The molecule has 0 radical (unpaired) electrons. The van der Waals surface area contributed by atoms with Crippen LogP contribution in [-0.2, 0) is 21.4 Å². The topological polar surface area (TPSA) is 61.4 Å². The second-order valence-corrected chi connectivity index (χ2v) is 9.63. The number of fused-ring (bicyclic) bond motifs is 1. The lowest BCUT2D eigenvalue weighted by atomic mass is 9.86. The Balaban J connectivity index is 1.50. The van der Waals surface area contributed by atoms with E-state index in [1.54, 1.807) is 0 Å². The average Bonchev–Trinajstić information content (AvgIpc) is 2.83. The van der Waals surface area contributed by atoms with Crippen molar-refractivity contribution in [3.63, 3.8) is 0 Å². The summed E-state index contributed by atoms with van der Waals surface area (Å²) in [6.45, 7) is 10.5. The van der Waals surface area contributed by atoms with E-state index in [0.29, 0.717) is 12.4 Å². The zero-order valence-corrected chi connectivity index (χ0v) is 18.2. The lowest BCUT2D eigenvalue weighted by Crippen LogP contribution is -2.26. The van der Waals surface area contributed by atoms with Gasteiger partial charge < -0.3 is 14.6 Å². The summed E-state index contributed by atoms with van der Waals surface area (Å²) >= 11 is -0.978. The van der Waals surface area contributed by atoms with Crippen LogP contribution in [0.1, 0.15) is 48.9 Å². The Bertz CT molecular complexity index is 868. The van der Waals surface area contributed by atoms with Crippen LogP contribution in [-0.4, -0.2) is 22.8 Å². The molecule has 3 rings (SSSR count). The van der Waals surface area contributed by atoms with Gasteiger partial charge in [0.1, 0.15) is 11.5 Å². The predicted octanol–water partition coefficient (Wildman–Crippen LogP) is 4.81. The molecule has 1 aliphatic heterocycles. The summed E-state index contributed by atoms with van der Waals surface area (Å²) in [5, 5.41) is 2.90. The minimum absolute atomic E-state index is 0.0174. The van der Waals surface area contributed by atoms with Gasteiger partial charge in [-0.25, -0.2) is 0 Å². The molecule has 0 spiro atoms. The highest BCUT2D eigenvalue weighted by Crippen LogP contribution is 2.39. The summed E-state index contributed by atoms with van der Waals surface area (Å²) in [5.41, 5.74) is 4.73. The maximum absolute atomic E-state index is 12.7. The first-order valence-corrected chi connectivity index (χ1v) is 11.1. The Hall–Kier alpha value is -1.98. The molecule has 0 aromatic heterocycles. The SMILES string of the molecule is Cc1cc(C)c([S+]([O-])CCCCOc2ccc3c(c2)C(C)(C)C(=O)N3)c(C)c1. The molecule has 1 atom stereocenters. The fourth-order valence-electron chi connectivity index (χ4n) is 3.79. The van der Waals surface area contributed by atoms with Crippen molar-refractivity contribution in [2.45, 2.75) is 57.8 Å². The summed E-state index contributed by atoms with van der Waals surface area (Å²) in [5.74, 6) is 1.43. The molecule has 2 aromatic rings. The maximum atomic E-state index is 12.7. The number of hydrogen-bond acceptors (Lipinski definition) is 3. The molecule has 5 heteroatoms. The molecular weight excluding hydrogens is 370 g/mol. The number of anilines is 1. The van der Waals surface area contributed by atoms with E-state index in [2.05, 4.69) is 24.4 Å². The zero-order chi connectivity index (χ0) is 20.5. The van der Waals surface area contributed by atoms with Gasteiger partial charge in [0.25, 0.3) is 0 Å². The van der Waals surface area contributed by atoms with Gasteiger partial charge in [0.05, 0.1) is 12.0 Å². The second kappa shape index (κ2) is 8.18. The average molecular weight is 400 g/mol. The van der Waals surface area contributed by atoms with Gasteiger partial charge >= 0.3 is 0 Å². The van der Waals surface area contributed by atoms with Gasteiger partial charge in [-0.3, -0.25) is 4.79 Å². The highest BCUT2D eigenvalue weighted by atomic mass is 32.2. The molecule has 1 unspecified atom stereocenters. The Kier molecular flexibility index (Phi) is 6.06. The van der Waals surface area contributed by atoms with Gasteiger partial charge in [-0.2, -0.15) is 0 Å². The van der Waals surface area contributed by atoms with E-state index in [-0.39, 0.29) is 5.91 Å². The van der Waals surface area contributed by atoms with Gasteiger partial charge in [-0.1, -0.05) is 17.7 Å². The van der Waals surface area contributed by atoms with Crippen molar-refractivity contribution < 1.29 is 14.1 Å². The van der Waals surface area contributed by atoms with Crippen LogP contribution >= 0.6 is 0 Å². The molecule has 0 saturated heterocycles. The van der Waals surface area contributed by atoms with E-state index in [4.69, 9.17) is 4.74 Å². The van der Waals surface area contributed by atoms with Crippen molar-refractivity contribution >= 4 is 22.8 Å². The number of hydrogen-bond donors (Lipinski definition) is 1. The lowest BCUT2D eigenvalue weighted by Gasteiger charge is -2.17. The van der Waals surface area contributed by atoms with Crippen molar-refractivity contribution in [2.24, 2.45) is 0 Å². The van der Waals surface area contributed by atoms with Crippen LogP contribution in [0.15, 0.2) is 35.2 Å². The maximum Gasteiger partial charge on any atom is 0.234 e. The summed E-state index contributed by atoms with van der Waals surface area (Å²) in [4.78, 5) is 13.0. The number of ether oxygens (including phenoxy) is 1. The van der Waals surface area contributed by atoms with Crippen molar-refractivity contribution in [1.82, 2.24) is 0 Å². The fraction of sp³-hybridized carbons (Fsp3) is 0.435. The number of benzene rings is 2. The number of amides is 1. The smallest absolute Gasteiger partial charge is 0.234 e. The molecule has 1 amide bonds. The number of carbonyl (C=O) groups is 1. The lowest BCUT2D eigenvalue weighted by molar-refractivity contribution is -0.119. The van der Waals surface area contributed by atoms with E-state index >= 15 is 0 Å². The van der Waals surface area contributed by atoms with Crippen molar-refractivity contribution in [2.75, 3.05) is 17.7 Å². The van der Waals surface area contributed by atoms with E-state index in [0.717, 1.165) is 45.9 Å². The summed E-state index contributed by atoms with van der Waals surface area (Å²) in [7, 11) is 0. The monoisotopic (exact) mass is 399 g/mol. The molecule has 2 aromatic carbocycles. The van der Waals surface area contributed by atoms with Crippen LogP contribution in [0.5, 0.6) is 5.75 Å². The summed E-state index contributed by atoms with van der Waals surface area (Å²) in [6.07, 6.45) is 1.68. The minimum Gasteiger partial charge on any atom is -0.611 e. The van der Waals surface area contributed by atoms with E-state index < -0.39 is 16.6 Å². The van der Waals surface area contributed by atoms with E-state index in [1.165, 1.54) is 5.56 Å². The van der Waals surface area contributed by atoms with Crippen LogP contribution < -0.4 is 10.1 Å². The molecule has 0 fully saturated rings. The number of rotatable bonds is 7. The molecule has 28 heavy (non-hydrogen) atoms. The quantitative estimate of drug-likeness (QED) is 0.537. The molecule has 0 aliphatic carbocycles. The standard InChI is InChI=1S/C23H29NO3S/c1-15-12-16(2)21(17(3)13-15)28(26)11-7-6-10-27-18-8-9-20-19(14-18)23(4,5)22(25)24-20/h8-9,12-14H,6-7,10-11H2,1-5H3,(H,24,25). The third-order valence-electron chi connectivity index (χ3n) is 5.31. The molecule has 0 bridgehead atoms. The molecule has 150 valence electrons. The second-order valence-electron chi connectivity index (χ2n) is 8.12. The van der Waals surface area contributed by atoms with Gasteiger partial charge in [-0.15, -0.1) is 0 Å². The van der Waals surface area contributed by atoms with Crippen molar-refractivity contribution in [1.29, 1.82) is 0 Å². The van der Waals surface area contributed by atoms with Gasteiger partial charge in [0.15, 0.2) is 4.90 Å². The van der Waals surface area contributed by atoms with Gasteiger partial charge in [0, 0.05) is 16.8 Å². The van der Waals surface area contributed by atoms with Crippen LogP contribution in [0.2, 0.25) is 0 Å². The highest BCUT2D eigenvalue weighted by molar-refractivity contribution is 7.91. The highest BCUT2D eigenvalue weighted by Gasteiger charge is 2.38. The van der Waals surface area contributed by atoms with Crippen molar-refractivity contribution in [3.05, 3.63) is 52.6 Å². The van der Waals surface area contributed by atoms with Crippen LogP contribution in [0, 0.1) is 20.8 Å². The summed E-state index contributed by atoms with van der Waals surface area (Å²) in [6, 6.07) is 9.92. The van der Waals surface area contributed by atoms with Crippen LogP contribution in [0.4, 0.5) is 5.69 Å². The number of unbranched alkanes of at least 4 members (excludes halogenated alkanes) is 1. The Morgan fingerprint density at radius 2 is 1.75 bits per heavy atom. The Morgan fingerprint density at radius 1 is 1.07 bits per heavy atom. The molecular formula is C23H29NO3S. The number of nitrogens with one attached hydrogen (secondary N) is 1. The van der Waals surface area contributed by atoms with E-state index in [1.807, 2.05) is 45.9 Å². The van der Waals surface area contributed by atoms with Crippen molar-refractivity contribution in [3.8, 4) is 5.75 Å². The normalized spacial score (nSPS) is 15.9. The van der Waals surface area contributed by atoms with Gasteiger partial charge in [0.2, 0.25) is 5.91 Å². The summed E-state index contributed by atoms with van der Waals surface area (Å²) < 4.78 is 18.6. The zero-order valence-electron chi connectivity index (χ0n) is 17.3. The molecule has 0 saturated carbocycles. The van der Waals surface area contributed by atoms with E-state index in [9.17, 15) is 9.35 Å². The van der Waals surface area contributed by atoms with Crippen LogP contribution in [0.3, 0.4) is 0 Å². The molecule has 4 nitrogen and oxygen atoms in total. The fourth-order valence-corrected chi connectivity index (χ4v) is 5.30. The first-order chi connectivity index (χ1) is 13.2. The predicted molar refractivity (Wildman–Crippen MR) is 115 cm³/mol.